The van der Waals surface area contributed by atoms with Crippen molar-refractivity contribution in [2.24, 2.45) is 0 Å². The number of nitrogens with zero attached hydrogens (tertiary/aromatic N) is 2. The van der Waals surface area contributed by atoms with E-state index < -0.39 is 5.97 Å². The van der Waals surface area contributed by atoms with Crippen LogP contribution in [0.1, 0.15) is 23.1 Å². The summed E-state index contributed by atoms with van der Waals surface area (Å²) in [6.45, 7) is 2.09. The lowest BCUT2D eigenvalue weighted by molar-refractivity contribution is 0.0519. The van der Waals surface area contributed by atoms with Crippen molar-refractivity contribution in [1.82, 2.24) is 15.2 Å². The lowest BCUT2D eigenvalue weighted by Gasteiger charge is -1.95. The van der Waals surface area contributed by atoms with Gasteiger partial charge in [-0.05, 0) is 13.0 Å². The maximum atomic E-state index is 11.7. The molecular formula is C16H14BrN3O2S. The number of hydrogen-bond donors (Lipinski definition) is 1. The van der Waals surface area contributed by atoms with E-state index in [-0.39, 0.29) is 5.69 Å². The van der Waals surface area contributed by atoms with E-state index in [9.17, 15) is 4.79 Å². The van der Waals surface area contributed by atoms with Crippen molar-refractivity contribution in [2.45, 2.75) is 12.3 Å². The molecule has 0 saturated heterocycles. The van der Waals surface area contributed by atoms with Crippen LogP contribution in [0.25, 0.3) is 21.1 Å². The van der Waals surface area contributed by atoms with Crippen LogP contribution in [-0.4, -0.2) is 27.8 Å². The number of benzene rings is 1. The Morgan fingerprint density at radius 3 is 2.83 bits per heavy atom. The number of aromatic amines is 1. The van der Waals surface area contributed by atoms with Gasteiger partial charge in [0, 0.05) is 10.9 Å². The van der Waals surface area contributed by atoms with Crippen LogP contribution in [0.5, 0.6) is 0 Å². The van der Waals surface area contributed by atoms with Gasteiger partial charge < -0.3 is 4.74 Å². The summed E-state index contributed by atoms with van der Waals surface area (Å²) in [5.41, 5.74) is 3.02. The number of alkyl halides is 1. The second kappa shape index (κ2) is 7.06. The molecule has 0 unspecified atom stereocenters. The van der Waals surface area contributed by atoms with Crippen LogP contribution in [0.3, 0.4) is 0 Å². The summed E-state index contributed by atoms with van der Waals surface area (Å²) in [6, 6.07) is 11.7. The number of hydrogen-bond acceptors (Lipinski definition) is 5. The molecule has 2 aromatic heterocycles. The van der Waals surface area contributed by atoms with Crippen LogP contribution < -0.4 is 0 Å². The molecule has 7 heteroatoms. The number of nitrogens with one attached hydrogen (secondary N) is 1. The zero-order chi connectivity index (χ0) is 16.2. The fourth-order valence-corrected chi connectivity index (χ4v) is 3.75. The number of aromatic nitrogens is 3. The summed E-state index contributed by atoms with van der Waals surface area (Å²) in [7, 11) is 0. The van der Waals surface area contributed by atoms with Crippen molar-refractivity contribution in [3.63, 3.8) is 0 Å². The van der Waals surface area contributed by atoms with E-state index in [1.807, 2.05) is 30.3 Å². The minimum atomic E-state index is -0.428. The SMILES string of the molecule is CCOC(=O)c1cc(-c2sc(-c3ccccc3)nc2CBr)[nH]n1. The zero-order valence-electron chi connectivity index (χ0n) is 12.4. The Labute approximate surface area is 145 Å². The molecule has 3 aromatic rings. The summed E-state index contributed by atoms with van der Waals surface area (Å²) in [4.78, 5) is 17.4. The number of ether oxygens (including phenoxy) is 1. The molecule has 118 valence electrons. The van der Waals surface area contributed by atoms with Crippen molar-refractivity contribution < 1.29 is 9.53 Å². The molecule has 0 radical (unpaired) electrons. The normalized spacial score (nSPS) is 10.7. The molecule has 23 heavy (non-hydrogen) atoms. The molecule has 0 bridgehead atoms. The first-order valence-electron chi connectivity index (χ1n) is 7.07. The maximum Gasteiger partial charge on any atom is 0.358 e. The summed E-state index contributed by atoms with van der Waals surface area (Å²) < 4.78 is 4.97. The maximum absolute atomic E-state index is 11.7. The molecule has 0 fully saturated rings. The fourth-order valence-electron chi connectivity index (χ4n) is 2.10. The summed E-state index contributed by atoms with van der Waals surface area (Å²) >= 11 is 5.03. The van der Waals surface area contributed by atoms with E-state index in [1.54, 1.807) is 24.3 Å². The number of H-pyrrole nitrogens is 1. The third kappa shape index (κ3) is 3.35. The topological polar surface area (TPSA) is 67.9 Å². The Kier molecular flexibility index (Phi) is 4.88. The van der Waals surface area contributed by atoms with Gasteiger partial charge in [0.05, 0.1) is 22.9 Å². The van der Waals surface area contributed by atoms with Crippen molar-refractivity contribution in [3.05, 3.63) is 47.8 Å². The molecule has 3 rings (SSSR count). The standard InChI is InChI=1S/C16H14BrN3O2S/c1-2-22-16(21)12-8-11(19-20-12)14-13(9-17)18-15(23-14)10-6-4-3-5-7-10/h3-8H,2,9H2,1H3,(H,19,20). The number of thiazole rings is 1. The minimum Gasteiger partial charge on any atom is -0.461 e. The van der Waals surface area contributed by atoms with E-state index in [0.717, 1.165) is 26.8 Å². The molecule has 0 amide bonds. The molecule has 0 aliphatic rings. The highest BCUT2D eigenvalue weighted by atomic mass is 79.9. The summed E-state index contributed by atoms with van der Waals surface area (Å²) in [6.07, 6.45) is 0. The van der Waals surface area contributed by atoms with Gasteiger partial charge in [-0.2, -0.15) is 5.10 Å². The third-order valence-electron chi connectivity index (χ3n) is 3.15. The minimum absolute atomic E-state index is 0.275. The zero-order valence-corrected chi connectivity index (χ0v) is 14.8. The van der Waals surface area contributed by atoms with Crippen LogP contribution in [0.15, 0.2) is 36.4 Å². The van der Waals surface area contributed by atoms with Gasteiger partial charge >= 0.3 is 5.97 Å². The number of carbonyl (C=O) groups is 1. The highest BCUT2D eigenvalue weighted by molar-refractivity contribution is 9.08. The Balaban J connectivity index is 1.97. The average Bonchev–Trinajstić information content (AvgIpc) is 3.22. The average molecular weight is 392 g/mol. The first kappa shape index (κ1) is 15.9. The van der Waals surface area contributed by atoms with Crippen LogP contribution >= 0.6 is 27.3 Å². The van der Waals surface area contributed by atoms with Crippen LogP contribution in [0.2, 0.25) is 0 Å². The number of esters is 1. The second-order valence-corrected chi connectivity index (χ2v) is 6.24. The van der Waals surface area contributed by atoms with E-state index in [1.165, 1.54) is 0 Å². The molecule has 0 atom stereocenters. The number of halogens is 1. The van der Waals surface area contributed by atoms with Crippen LogP contribution in [-0.2, 0) is 10.1 Å². The van der Waals surface area contributed by atoms with Gasteiger partial charge in [0.25, 0.3) is 0 Å². The molecule has 2 heterocycles. The van der Waals surface area contributed by atoms with Crippen molar-refractivity contribution in [1.29, 1.82) is 0 Å². The van der Waals surface area contributed by atoms with Gasteiger partial charge in [-0.25, -0.2) is 9.78 Å². The van der Waals surface area contributed by atoms with E-state index in [2.05, 4.69) is 31.1 Å². The summed E-state index contributed by atoms with van der Waals surface area (Å²) in [5.74, 6) is -0.428. The quantitative estimate of drug-likeness (QED) is 0.520. The Morgan fingerprint density at radius 1 is 1.35 bits per heavy atom. The summed E-state index contributed by atoms with van der Waals surface area (Å²) in [5, 5.41) is 8.49. The molecule has 1 N–H and O–H groups in total. The highest BCUT2D eigenvalue weighted by Crippen LogP contribution is 2.35. The number of rotatable bonds is 5. The highest BCUT2D eigenvalue weighted by Gasteiger charge is 2.18. The molecule has 0 saturated carbocycles. The van der Waals surface area contributed by atoms with Gasteiger partial charge in [0.15, 0.2) is 5.69 Å². The van der Waals surface area contributed by atoms with E-state index >= 15 is 0 Å². The van der Waals surface area contributed by atoms with E-state index in [4.69, 9.17) is 4.74 Å². The van der Waals surface area contributed by atoms with Crippen molar-refractivity contribution in [2.75, 3.05) is 6.61 Å². The Bertz CT molecular complexity index is 814. The van der Waals surface area contributed by atoms with Crippen LogP contribution in [0, 0.1) is 0 Å². The predicted octanol–water partition coefficient (Wildman–Crippen LogP) is 4.27. The molecule has 0 aliphatic carbocycles. The Hall–Kier alpha value is -1.99. The smallest absolute Gasteiger partial charge is 0.358 e. The van der Waals surface area contributed by atoms with Gasteiger partial charge in [0.1, 0.15) is 5.01 Å². The predicted molar refractivity (Wildman–Crippen MR) is 93.7 cm³/mol. The van der Waals surface area contributed by atoms with Gasteiger partial charge in [0.2, 0.25) is 0 Å². The first-order chi connectivity index (χ1) is 11.2. The first-order valence-corrected chi connectivity index (χ1v) is 9.00. The van der Waals surface area contributed by atoms with Crippen molar-refractivity contribution in [3.8, 4) is 21.1 Å². The van der Waals surface area contributed by atoms with E-state index in [0.29, 0.717) is 11.9 Å². The molecule has 5 nitrogen and oxygen atoms in total. The van der Waals surface area contributed by atoms with Gasteiger partial charge in [-0.1, -0.05) is 46.3 Å². The fraction of sp³-hybridized carbons (Fsp3) is 0.188. The lowest BCUT2D eigenvalue weighted by atomic mass is 10.2. The molecule has 0 aliphatic heterocycles. The third-order valence-corrected chi connectivity index (χ3v) is 4.86. The molecule has 1 aromatic carbocycles. The van der Waals surface area contributed by atoms with Crippen LogP contribution in [0.4, 0.5) is 0 Å². The van der Waals surface area contributed by atoms with Crippen molar-refractivity contribution >= 4 is 33.2 Å². The monoisotopic (exact) mass is 391 g/mol. The number of carbonyl (C=O) groups excluding carboxylic acids is 1. The lowest BCUT2D eigenvalue weighted by Crippen LogP contribution is -2.04. The Morgan fingerprint density at radius 2 is 2.13 bits per heavy atom. The molecule has 0 spiro atoms. The van der Waals surface area contributed by atoms with Gasteiger partial charge in [-0.15, -0.1) is 11.3 Å². The van der Waals surface area contributed by atoms with Gasteiger partial charge in [-0.3, -0.25) is 5.10 Å². The largest absolute Gasteiger partial charge is 0.461 e. The second-order valence-electron chi connectivity index (χ2n) is 4.68. The molecular weight excluding hydrogens is 378 g/mol.